The molecule has 1 aliphatic rings. The molecule has 0 saturated heterocycles. The van der Waals surface area contributed by atoms with E-state index in [9.17, 15) is 0 Å². The average molecular weight is 176 g/mol. The quantitative estimate of drug-likeness (QED) is 0.750. The predicted molar refractivity (Wildman–Crippen MR) is 53.9 cm³/mol. The normalized spacial score (nSPS) is 18.6. The van der Waals surface area contributed by atoms with Crippen LogP contribution in [-0.4, -0.2) is 11.7 Å². The van der Waals surface area contributed by atoms with Crippen LogP contribution >= 0.6 is 0 Å². The Morgan fingerprint density at radius 2 is 2.23 bits per heavy atom. The molecule has 1 aromatic carbocycles. The fraction of sp³-hybridized carbons (Fsp3) is 0.500. The largest absolute Gasteiger partial charge is 0.396 e. The number of aliphatic hydroxyl groups is 1. The van der Waals surface area contributed by atoms with Gasteiger partial charge in [-0.15, -0.1) is 0 Å². The molecular formula is C12H16O. The summed E-state index contributed by atoms with van der Waals surface area (Å²) in [6, 6.07) is 8.66. The van der Waals surface area contributed by atoms with E-state index in [2.05, 4.69) is 31.2 Å². The molecule has 2 rings (SSSR count). The van der Waals surface area contributed by atoms with Crippen molar-refractivity contribution in [2.75, 3.05) is 6.61 Å². The van der Waals surface area contributed by atoms with E-state index in [0.29, 0.717) is 0 Å². The first-order valence-corrected chi connectivity index (χ1v) is 5.02. The molecule has 0 unspecified atom stereocenters. The van der Waals surface area contributed by atoms with Crippen LogP contribution in [0.15, 0.2) is 24.3 Å². The van der Waals surface area contributed by atoms with Crippen LogP contribution in [0.2, 0.25) is 0 Å². The second kappa shape index (κ2) is 3.51. The van der Waals surface area contributed by atoms with Crippen LogP contribution in [0.4, 0.5) is 0 Å². The first-order chi connectivity index (χ1) is 6.31. The molecule has 0 bridgehead atoms. The molecule has 1 fully saturated rings. The number of benzene rings is 1. The van der Waals surface area contributed by atoms with Gasteiger partial charge in [-0.3, -0.25) is 0 Å². The summed E-state index contributed by atoms with van der Waals surface area (Å²) in [6.45, 7) is 2.31. The van der Waals surface area contributed by atoms with Crippen molar-refractivity contribution in [1.29, 1.82) is 0 Å². The summed E-state index contributed by atoms with van der Waals surface area (Å²) in [4.78, 5) is 0. The zero-order chi connectivity index (χ0) is 9.26. The van der Waals surface area contributed by atoms with Crippen molar-refractivity contribution >= 4 is 0 Å². The Hall–Kier alpha value is -0.820. The second-order valence-corrected chi connectivity index (χ2v) is 4.03. The molecule has 0 spiro atoms. The standard InChI is InChI=1S/C12H16O/c1-9(8-13)11-3-2-4-12(7-11)10-5-6-10/h2-4,7,9-10,13H,5-6,8H2,1H3/t9-/m1/s1. The van der Waals surface area contributed by atoms with Crippen molar-refractivity contribution in [1.82, 2.24) is 0 Å². The maximum atomic E-state index is 9.03. The van der Waals surface area contributed by atoms with Gasteiger partial charge in [-0.05, 0) is 29.9 Å². The Labute approximate surface area is 79.4 Å². The van der Waals surface area contributed by atoms with Gasteiger partial charge in [-0.1, -0.05) is 31.2 Å². The molecule has 0 aromatic heterocycles. The number of aliphatic hydroxyl groups excluding tert-OH is 1. The number of hydrogen-bond donors (Lipinski definition) is 1. The van der Waals surface area contributed by atoms with E-state index in [4.69, 9.17) is 5.11 Å². The van der Waals surface area contributed by atoms with E-state index >= 15 is 0 Å². The molecule has 0 amide bonds. The van der Waals surface area contributed by atoms with E-state index in [1.54, 1.807) is 0 Å². The van der Waals surface area contributed by atoms with Crippen molar-refractivity contribution in [3.8, 4) is 0 Å². The highest BCUT2D eigenvalue weighted by Gasteiger charge is 2.23. The highest BCUT2D eigenvalue weighted by Crippen LogP contribution is 2.40. The molecule has 1 saturated carbocycles. The van der Waals surface area contributed by atoms with E-state index in [0.717, 1.165) is 5.92 Å². The van der Waals surface area contributed by atoms with Gasteiger partial charge in [-0.2, -0.15) is 0 Å². The minimum atomic E-state index is 0.244. The van der Waals surface area contributed by atoms with Crippen LogP contribution in [0, 0.1) is 0 Å². The van der Waals surface area contributed by atoms with Gasteiger partial charge < -0.3 is 5.11 Å². The van der Waals surface area contributed by atoms with Gasteiger partial charge in [0.25, 0.3) is 0 Å². The van der Waals surface area contributed by atoms with Crippen molar-refractivity contribution in [3.05, 3.63) is 35.4 Å². The summed E-state index contributed by atoms with van der Waals surface area (Å²) in [5.74, 6) is 1.09. The molecule has 13 heavy (non-hydrogen) atoms. The first-order valence-electron chi connectivity index (χ1n) is 5.02. The molecular weight excluding hydrogens is 160 g/mol. The van der Waals surface area contributed by atoms with E-state index < -0.39 is 0 Å². The highest BCUT2D eigenvalue weighted by atomic mass is 16.3. The lowest BCUT2D eigenvalue weighted by Crippen LogP contribution is -1.99. The Morgan fingerprint density at radius 1 is 1.46 bits per heavy atom. The van der Waals surface area contributed by atoms with Gasteiger partial charge >= 0.3 is 0 Å². The Balaban J connectivity index is 2.21. The fourth-order valence-electron chi connectivity index (χ4n) is 1.64. The molecule has 0 aliphatic heterocycles. The predicted octanol–water partition coefficient (Wildman–Crippen LogP) is 2.66. The van der Waals surface area contributed by atoms with Crippen LogP contribution in [0.5, 0.6) is 0 Å². The Morgan fingerprint density at radius 3 is 2.85 bits per heavy atom. The molecule has 1 atom stereocenters. The maximum absolute atomic E-state index is 9.03. The SMILES string of the molecule is C[C@H](CO)c1cccc(C2CC2)c1. The fourth-order valence-corrected chi connectivity index (χ4v) is 1.64. The Bertz CT molecular complexity index is 289. The van der Waals surface area contributed by atoms with Crippen LogP contribution in [0.1, 0.15) is 42.7 Å². The van der Waals surface area contributed by atoms with Gasteiger partial charge in [0, 0.05) is 12.5 Å². The number of rotatable bonds is 3. The van der Waals surface area contributed by atoms with Crippen LogP contribution in [0.3, 0.4) is 0 Å². The minimum absolute atomic E-state index is 0.244. The zero-order valence-corrected chi connectivity index (χ0v) is 8.03. The van der Waals surface area contributed by atoms with Gasteiger partial charge in [0.1, 0.15) is 0 Å². The van der Waals surface area contributed by atoms with Gasteiger partial charge in [-0.25, -0.2) is 0 Å². The average Bonchev–Trinajstić information content (AvgIpc) is 3.00. The van der Waals surface area contributed by atoms with E-state index in [-0.39, 0.29) is 12.5 Å². The van der Waals surface area contributed by atoms with Gasteiger partial charge in [0.05, 0.1) is 0 Å². The smallest absolute Gasteiger partial charge is 0.0497 e. The van der Waals surface area contributed by atoms with Crippen molar-refractivity contribution in [3.63, 3.8) is 0 Å². The van der Waals surface area contributed by atoms with Crippen molar-refractivity contribution in [2.24, 2.45) is 0 Å². The highest BCUT2D eigenvalue weighted by molar-refractivity contribution is 5.30. The summed E-state index contributed by atoms with van der Waals surface area (Å²) in [5, 5.41) is 9.03. The first kappa shape index (κ1) is 8.76. The van der Waals surface area contributed by atoms with E-state index in [1.807, 2.05) is 0 Å². The molecule has 0 radical (unpaired) electrons. The lowest BCUT2D eigenvalue weighted by Gasteiger charge is -2.09. The van der Waals surface area contributed by atoms with Gasteiger partial charge in [0.15, 0.2) is 0 Å². The summed E-state index contributed by atoms with van der Waals surface area (Å²) >= 11 is 0. The molecule has 1 N–H and O–H groups in total. The molecule has 1 heteroatoms. The van der Waals surface area contributed by atoms with Crippen LogP contribution < -0.4 is 0 Å². The Kier molecular flexibility index (Phi) is 2.36. The minimum Gasteiger partial charge on any atom is -0.396 e. The third kappa shape index (κ3) is 1.92. The lowest BCUT2D eigenvalue weighted by atomic mass is 9.98. The monoisotopic (exact) mass is 176 g/mol. The third-order valence-electron chi connectivity index (χ3n) is 2.80. The van der Waals surface area contributed by atoms with Gasteiger partial charge in [0.2, 0.25) is 0 Å². The summed E-state index contributed by atoms with van der Waals surface area (Å²) in [7, 11) is 0. The molecule has 0 heterocycles. The zero-order valence-electron chi connectivity index (χ0n) is 8.03. The van der Waals surface area contributed by atoms with Crippen molar-refractivity contribution < 1.29 is 5.11 Å². The molecule has 70 valence electrons. The summed E-state index contributed by atoms with van der Waals surface area (Å²) in [6.07, 6.45) is 2.69. The van der Waals surface area contributed by atoms with Crippen molar-refractivity contribution in [2.45, 2.75) is 31.6 Å². The summed E-state index contributed by atoms with van der Waals surface area (Å²) in [5.41, 5.74) is 2.73. The molecule has 1 aliphatic carbocycles. The van der Waals surface area contributed by atoms with Crippen LogP contribution in [-0.2, 0) is 0 Å². The van der Waals surface area contributed by atoms with E-state index in [1.165, 1.54) is 24.0 Å². The maximum Gasteiger partial charge on any atom is 0.0497 e. The second-order valence-electron chi connectivity index (χ2n) is 4.03. The van der Waals surface area contributed by atoms with Crippen LogP contribution in [0.25, 0.3) is 0 Å². The lowest BCUT2D eigenvalue weighted by molar-refractivity contribution is 0.273. The third-order valence-corrected chi connectivity index (χ3v) is 2.80. The topological polar surface area (TPSA) is 20.2 Å². The summed E-state index contributed by atoms with van der Waals surface area (Å²) < 4.78 is 0. The number of hydrogen-bond acceptors (Lipinski definition) is 1. The molecule has 1 aromatic rings. The molecule has 1 nitrogen and oxygen atoms in total.